The smallest absolute Gasteiger partial charge is 0.157 e. The van der Waals surface area contributed by atoms with E-state index in [1.54, 1.807) is 0 Å². The van der Waals surface area contributed by atoms with Gasteiger partial charge in [0.1, 0.15) is 0 Å². The van der Waals surface area contributed by atoms with Crippen molar-refractivity contribution in [2.24, 2.45) is 11.7 Å². The van der Waals surface area contributed by atoms with Gasteiger partial charge in [-0.15, -0.1) is 0 Å². The molecule has 2 atom stereocenters. The molecule has 0 radical (unpaired) electrons. The van der Waals surface area contributed by atoms with Crippen molar-refractivity contribution in [3.63, 3.8) is 0 Å². The summed E-state index contributed by atoms with van der Waals surface area (Å²) in [7, 11) is -3.13. The Balaban J connectivity index is 2.98. The minimum Gasteiger partial charge on any atom is -0.330 e. The molecule has 0 aromatic heterocycles. The van der Waals surface area contributed by atoms with E-state index < -0.39 is 15.1 Å². The summed E-state index contributed by atoms with van der Waals surface area (Å²) in [4.78, 5) is 0. The first-order valence-corrected chi connectivity index (χ1v) is 8.19. The minimum atomic E-state index is -3.13. The number of hydrogen-bond donors (Lipinski definition) is 1. The van der Waals surface area contributed by atoms with Gasteiger partial charge in [0.2, 0.25) is 0 Å². The first-order chi connectivity index (χ1) is 8.51. The highest BCUT2D eigenvalue weighted by atomic mass is 32.2. The number of sulfone groups is 1. The van der Waals surface area contributed by atoms with Gasteiger partial charge in [-0.2, -0.15) is 0 Å². The van der Waals surface area contributed by atoms with Crippen LogP contribution in [0.15, 0.2) is 30.3 Å². The van der Waals surface area contributed by atoms with Crippen LogP contribution in [-0.2, 0) is 9.84 Å². The number of hydrogen-bond acceptors (Lipinski definition) is 3. The summed E-state index contributed by atoms with van der Waals surface area (Å²) in [6, 6.07) is 9.38. The molecule has 18 heavy (non-hydrogen) atoms. The summed E-state index contributed by atoms with van der Waals surface area (Å²) in [6.45, 7) is 4.38. The van der Waals surface area contributed by atoms with Gasteiger partial charge < -0.3 is 5.73 Å². The molecule has 0 bridgehead atoms. The molecule has 0 aliphatic heterocycles. The molecule has 0 saturated carbocycles. The van der Waals surface area contributed by atoms with Crippen molar-refractivity contribution in [3.8, 4) is 0 Å². The van der Waals surface area contributed by atoms with Crippen LogP contribution >= 0.6 is 0 Å². The third kappa shape index (κ3) is 4.10. The second-order valence-corrected chi connectivity index (χ2v) is 7.05. The summed E-state index contributed by atoms with van der Waals surface area (Å²) in [5.41, 5.74) is 6.42. The molecule has 1 rings (SSSR count). The predicted octanol–water partition coefficient (Wildman–Crippen LogP) is 2.54. The lowest BCUT2D eigenvalue weighted by Crippen LogP contribution is -2.23. The van der Waals surface area contributed by atoms with Crippen LogP contribution in [0, 0.1) is 5.92 Å². The van der Waals surface area contributed by atoms with Crippen molar-refractivity contribution >= 4 is 9.84 Å². The van der Waals surface area contributed by atoms with Gasteiger partial charge in [0, 0.05) is 0 Å². The maximum atomic E-state index is 12.4. The number of benzene rings is 1. The van der Waals surface area contributed by atoms with Gasteiger partial charge in [-0.1, -0.05) is 50.6 Å². The van der Waals surface area contributed by atoms with Crippen molar-refractivity contribution in [3.05, 3.63) is 35.9 Å². The molecule has 0 saturated heterocycles. The Bertz CT molecular complexity index is 442. The molecule has 0 amide bonds. The Labute approximate surface area is 110 Å². The molecule has 3 nitrogen and oxygen atoms in total. The average molecular weight is 269 g/mol. The van der Waals surface area contributed by atoms with Crippen molar-refractivity contribution in [1.29, 1.82) is 0 Å². The van der Waals surface area contributed by atoms with E-state index in [-0.39, 0.29) is 11.7 Å². The van der Waals surface area contributed by atoms with Gasteiger partial charge in [0.05, 0.1) is 11.0 Å². The maximum Gasteiger partial charge on any atom is 0.157 e. The second kappa shape index (κ2) is 6.90. The Morgan fingerprint density at radius 2 is 1.83 bits per heavy atom. The summed E-state index contributed by atoms with van der Waals surface area (Å²) in [6.07, 6.45) is 1.37. The predicted molar refractivity (Wildman–Crippen MR) is 76.1 cm³/mol. The molecule has 0 heterocycles. The topological polar surface area (TPSA) is 60.2 Å². The van der Waals surface area contributed by atoms with E-state index in [4.69, 9.17) is 5.73 Å². The highest BCUT2D eigenvalue weighted by molar-refractivity contribution is 7.91. The Morgan fingerprint density at radius 3 is 2.33 bits per heavy atom. The molecule has 2 N–H and O–H groups in total. The largest absolute Gasteiger partial charge is 0.330 e. The zero-order chi connectivity index (χ0) is 13.6. The van der Waals surface area contributed by atoms with Crippen LogP contribution in [0.2, 0.25) is 0 Å². The first kappa shape index (κ1) is 15.2. The quantitative estimate of drug-likeness (QED) is 0.827. The van der Waals surface area contributed by atoms with E-state index in [1.165, 1.54) is 0 Å². The SMILES string of the molecule is CCC(C)CS(=O)(=O)C(CCN)c1ccccc1. The van der Waals surface area contributed by atoms with Crippen LogP contribution in [0.1, 0.15) is 37.5 Å². The fraction of sp³-hybridized carbons (Fsp3) is 0.571. The van der Waals surface area contributed by atoms with E-state index >= 15 is 0 Å². The molecule has 1 aromatic carbocycles. The molecular weight excluding hydrogens is 246 g/mol. The molecule has 0 aliphatic carbocycles. The molecule has 0 aliphatic rings. The van der Waals surface area contributed by atoms with E-state index in [1.807, 2.05) is 44.2 Å². The third-order valence-corrected chi connectivity index (χ3v) is 5.66. The summed E-state index contributed by atoms with van der Waals surface area (Å²) in [5.74, 6) is 0.433. The molecule has 1 aromatic rings. The van der Waals surface area contributed by atoms with Gasteiger partial charge >= 0.3 is 0 Å². The van der Waals surface area contributed by atoms with Crippen LogP contribution in [0.25, 0.3) is 0 Å². The lowest BCUT2D eigenvalue weighted by Gasteiger charge is -2.19. The highest BCUT2D eigenvalue weighted by Crippen LogP contribution is 2.27. The van der Waals surface area contributed by atoms with Crippen molar-refractivity contribution < 1.29 is 8.42 Å². The van der Waals surface area contributed by atoms with Crippen molar-refractivity contribution in [2.75, 3.05) is 12.3 Å². The van der Waals surface area contributed by atoms with Gasteiger partial charge in [-0.3, -0.25) is 0 Å². The van der Waals surface area contributed by atoms with Gasteiger partial charge in [-0.05, 0) is 24.4 Å². The monoisotopic (exact) mass is 269 g/mol. The van der Waals surface area contributed by atoms with Crippen molar-refractivity contribution in [1.82, 2.24) is 0 Å². The third-order valence-electron chi connectivity index (χ3n) is 3.25. The fourth-order valence-electron chi connectivity index (χ4n) is 2.00. The number of nitrogens with two attached hydrogens (primary N) is 1. The van der Waals surface area contributed by atoms with E-state index in [2.05, 4.69) is 0 Å². The van der Waals surface area contributed by atoms with Crippen LogP contribution in [-0.4, -0.2) is 20.7 Å². The fourth-order valence-corrected chi connectivity index (χ4v) is 4.33. The van der Waals surface area contributed by atoms with Gasteiger partial charge in [-0.25, -0.2) is 8.42 Å². The Morgan fingerprint density at radius 1 is 1.22 bits per heavy atom. The minimum absolute atomic E-state index is 0.194. The second-order valence-electron chi connectivity index (χ2n) is 4.82. The summed E-state index contributed by atoms with van der Waals surface area (Å²) < 4.78 is 24.9. The molecule has 0 fully saturated rings. The molecular formula is C14H23NO2S. The zero-order valence-electron chi connectivity index (χ0n) is 11.2. The van der Waals surface area contributed by atoms with E-state index in [0.717, 1.165) is 12.0 Å². The van der Waals surface area contributed by atoms with Gasteiger partial charge in [0.15, 0.2) is 9.84 Å². The molecule has 102 valence electrons. The molecule has 0 spiro atoms. The van der Waals surface area contributed by atoms with Crippen LogP contribution in [0.4, 0.5) is 0 Å². The van der Waals surface area contributed by atoms with E-state index in [0.29, 0.717) is 13.0 Å². The normalized spacial score (nSPS) is 15.3. The van der Waals surface area contributed by atoms with Gasteiger partial charge in [0.25, 0.3) is 0 Å². The highest BCUT2D eigenvalue weighted by Gasteiger charge is 2.27. The lowest BCUT2D eigenvalue weighted by atomic mass is 10.1. The van der Waals surface area contributed by atoms with Crippen LogP contribution in [0.5, 0.6) is 0 Å². The Hall–Kier alpha value is -0.870. The summed E-state index contributed by atoms with van der Waals surface area (Å²) in [5, 5.41) is -0.460. The summed E-state index contributed by atoms with van der Waals surface area (Å²) >= 11 is 0. The molecule has 4 heteroatoms. The maximum absolute atomic E-state index is 12.4. The zero-order valence-corrected chi connectivity index (χ0v) is 12.0. The lowest BCUT2D eigenvalue weighted by molar-refractivity contribution is 0.548. The van der Waals surface area contributed by atoms with Crippen LogP contribution < -0.4 is 5.73 Å². The first-order valence-electron chi connectivity index (χ1n) is 6.47. The standard InChI is InChI=1S/C14H23NO2S/c1-3-12(2)11-18(16,17)14(9-10-15)13-7-5-4-6-8-13/h4-8,12,14H,3,9-11,15H2,1-2H3. The number of rotatable bonds is 7. The van der Waals surface area contributed by atoms with Crippen molar-refractivity contribution in [2.45, 2.75) is 31.9 Å². The van der Waals surface area contributed by atoms with E-state index in [9.17, 15) is 8.42 Å². The van der Waals surface area contributed by atoms with Crippen LogP contribution in [0.3, 0.4) is 0 Å². The average Bonchev–Trinajstić information content (AvgIpc) is 2.36. The Kier molecular flexibility index (Phi) is 5.82. The molecule has 2 unspecified atom stereocenters.